The SMILES string of the molecule is COc1ccc(C2/C(=C(\O)c3ccc(OCC(C)C)cc3)C(=O)C(=O)N2c2ccc(OC(F)(F)F)cc2)cc1. The van der Waals surface area contributed by atoms with Crippen LogP contribution in [0.3, 0.4) is 0 Å². The molecule has 3 aromatic rings. The molecular weight excluding hydrogens is 515 g/mol. The molecule has 0 aromatic heterocycles. The molecule has 1 unspecified atom stereocenters. The number of nitrogens with zero attached hydrogens (tertiary/aromatic N) is 1. The van der Waals surface area contributed by atoms with E-state index in [1.54, 1.807) is 48.5 Å². The number of ketones is 1. The first-order valence-electron chi connectivity index (χ1n) is 12.0. The summed E-state index contributed by atoms with van der Waals surface area (Å²) in [7, 11) is 1.49. The summed E-state index contributed by atoms with van der Waals surface area (Å²) in [4.78, 5) is 27.7. The first-order valence-corrected chi connectivity index (χ1v) is 12.0. The smallest absolute Gasteiger partial charge is 0.507 e. The number of hydrogen-bond donors (Lipinski definition) is 1. The van der Waals surface area contributed by atoms with E-state index < -0.39 is 35.6 Å². The normalized spacial score (nSPS) is 17.0. The molecule has 1 fully saturated rings. The van der Waals surface area contributed by atoms with Crippen LogP contribution in [-0.4, -0.2) is 36.9 Å². The van der Waals surface area contributed by atoms with E-state index in [1.165, 1.54) is 19.2 Å². The average Bonchev–Trinajstić information content (AvgIpc) is 3.17. The van der Waals surface area contributed by atoms with Crippen LogP contribution in [0.4, 0.5) is 18.9 Å². The molecule has 1 atom stereocenters. The second-order valence-electron chi connectivity index (χ2n) is 9.21. The van der Waals surface area contributed by atoms with Gasteiger partial charge in [0.15, 0.2) is 0 Å². The lowest BCUT2D eigenvalue weighted by Gasteiger charge is -2.26. The molecule has 1 N–H and O–H groups in total. The summed E-state index contributed by atoms with van der Waals surface area (Å²) in [5, 5.41) is 11.3. The molecule has 1 saturated heterocycles. The Morgan fingerprint density at radius 1 is 0.897 bits per heavy atom. The number of halogens is 3. The molecule has 7 nitrogen and oxygen atoms in total. The van der Waals surface area contributed by atoms with E-state index in [1.807, 2.05) is 13.8 Å². The van der Waals surface area contributed by atoms with E-state index in [0.29, 0.717) is 29.6 Å². The number of aliphatic hydroxyl groups excluding tert-OH is 1. The van der Waals surface area contributed by atoms with E-state index >= 15 is 0 Å². The van der Waals surface area contributed by atoms with Gasteiger partial charge in [-0.1, -0.05) is 26.0 Å². The lowest BCUT2D eigenvalue weighted by Crippen LogP contribution is -2.29. The van der Waals surface area contributed by atoms with E-state index in [0.717, 1.165) is 17.0 Å². The zero-order chi connectivity index (χ0) is 28.3. The molecule has 0 radical (unpaired) electrons. The molecule has 1 aliphatic rings. The van der Waals surface area contributed by atoms with E-state index in [4.69, 9.17) is 9.47 Å². The maximum absolute atomic E-state index is 13.3. The van der Waals surface area contributed by atoms with Crippen LogP contribution in [0.15, 0.2) is 78.4 Å². The average molecular weight is 542 g/mol. The highest BCUT2D eigenvalue weighted by Crippen LogP contribution is 2.43. The van der Waals surface area contributed by atoms with Gasteiger partial charge >= 0.3 is 6.36 Å². The van der Waals surface area contributed by atoms with Crippen molar-refractivity contribution in [2.45, 2.75) is 26.3 Å². The second-order valence-corrected chi connectivity index (χ2v) is 9.21. The minimum Gasteiger partial charge on any atom is -0.507 e. The van der Waals surface area contributed by atoms with Crippen molar-refractivity contribution < 1.29 is 42.1 Å². The Labute approximate surface area is 223 Å². The number of alkyl halides is 3. The maximum Gasteiger partial charge on any atom is 0.573 e. The summed E-state index contributed by atoms with van der Waals surface area (Å²) in [6.45, 7) is 4.52. The largest absolute Gasteiger partial charge is 0.573 e. The van der Waals surface area contributed by atoms with Crippen LogP contribution in [0, 0.1) is 5.92 Å². The van der Waals surface area contributed by atoms with Gasteiger partial charge in [0.05, 0.1) is 25.3 Å². The predicted octanol–water partition coefficient (Wildman–Crippen LogP) is 6.25. The third kappa shape index (κ3) is 6.17. The van der Waals surface area contributed by atoms with Crippen molar-refractivity contribution in [2.75, 3.05) is 18.6 Å². The van der Waals surface area contributed by atoms with Gasteiger partial charge in [-0.25, -0.2) is 0 Å². The van der Waals surface area contributed by atoms with Gasteiger partial charge in [0.2, 0.25) is 0 Å². The Bertz CT molecular complexity index is 1360. The number of benzene rings is 3. The van der Waals surface area contributed by atoms with E-state index in [9.17, 15) is 27.9 Å². The zero-order valence-corrected chi connectivity index (χ0v) is 21.4. The molecule has 0 aliphatic carbocycles. The topological polar surface area (TPSA) is 85.3 Å². The fourth-order valence-corrected chi connectivity index (χ4v) is 4.14. The Balaban J connectivity index is 1.78. The Morgan fingerprint density at radius 2 is 1.46 bits per heavy atom. The number of ether oxygens (including phenoxy) is 3. The number of carbonyl (C=O) groups excluding carboxylic acids is 2. The van der Waals surface area contributed by atoms with E-state index in [-0.39, 0.29) is 16.8 Å². The summed E-state index contributed by atoms with van der Waals surface area (Å²) in [5.74, 6) is -1.35. The summed E-state index contributed by atoms with van der Waals surface area (Å²) in [6, 6.07) is 16.5. The molecule has 39 heavy (non-hydrogen) atoms. The number of hydrogen-bond acceptors (Lipinski definition) is 6. The van der Waals surface area contributed by atoms with Gasteiger partial charge < -0.3 is 19.3 Å². The van der Waals surface area contributed by atoms with Gasteiger partial charge in [0, 0.05) is 11.3 Å². The minimum absolute atomic E-state index is 0.143. The van der Waals surface area contributed by atoms with Gasteiger partial charge in [-0.2, -0.15) is 0 Å². The highest BCUT2D eigenvalue weighted by molar-refractivity contribution is 6.51. The summed E-state index contributed by atoms with van der Waals surface area (Å²) in [5.41, 5.74) is 0.738. The zero-order valence-electron chi connectivity index (χ0n) is 21.4. The molecule has 4 rings (SSSR count). The van der Waals surface area contributed by atoms with Crippen LogP contribution in [0.25, 0.3) is 5.76 Å². The standard InChI is InChI=1S/C29H26F3NO6/c1-17(2)16-38-22-12-6-19(7-13-22)26(34)24-25(18-4-10-21(37-3)11-5-18)33(28(36)27(24)35)20-8-14-23(15-9-20)39-29(30,31)32/h4-15,17,25,34H,16H2,1-3H3/b26-24+. The third-order valence-electron chi connectivity index (χ3n) is 5.94. The van der Waals surface area contributed by atoms with Crippen LogP contribution >= 0.6 is 0 Å². The number of rotatable bonds is 8. The van der Waals surface area contributed by atoms with Crippen molar-refractivity contribution >= 4 is 23.1 Å². The minimum atomic E-state index is -4.89. The van der Waals surface area contributed by atoms with Crippen molar-refractivity contribution in [1.29, 1.82) is 0 Å². The molecular formula is C29H26F3NO6. The third-order valence-corrected chi connectivity index (χ3v) is 5.94. The summed E-state index contributed by atoms with van der Waals surface area (Å²) >= 11 is 0. The Morgan fingerprint density at radius 3 is 2.00 bits per heavy atom. The van der Waals surface area contributed by atoms with Crippen LogP contribution in [0.5, 0.6) is 17.2 Å². The number of carbonyl (C=O) groups is 2. The van der Waals surface area contributed by atoms with Gasteiger partial charge in [-0.15, -0.1) is 13.2 Å². The molecule has 1 heterocycles. The van der Waals surface area contributed by atoms with E-state index in [2.05, 4.69) is 4.74 Å². The first kappa shape index (κ1) is 27.6. The number of aliphatic hydroxyl groups is 1. The fraction of sp³-hybridized carbons (Fsp3) is 0.241. The monoisotopic (exact) mass is 541 g/mol. The number of amides is 1. The number of anilines is 1. The molecule has 0 bridgehead atoms. The van der Waals surface area contributed by atoms with Crippen LogP contribution in [0.2, 0.25) is 0 Å². The molecule has 0 saturated carbocycles. The highest BCUT2D eigenvalue weighted by Gasteiger charge is 2.47. The molecule has 0 spiro atoms. The van der Waals surface area contributed by atoms with Gasteiger partial charge in [-0.3, -0.25) is 14.5 Å². The molecule has 204 valence electrons. The Hall–Kier alpha value is -4.47. The lowest BCUT2D eigenvalue weighted by atomic mass is 9.95. The quantitative estimate of drug-likeness (QED) is 0.206. The molecule has 3 aromatic carbocycles. The first-order chi connectivity index (χ1) is 18.5. The maximum atomic E-state index is 13.3. The van der Waals surface area contributed by atoms with Crippen LogP contribution in [-0.2, 0) is 9.59 Å². The van der Waals surface area contributed by atoms with Crippen molar-refractivity contribution in [3.63, 3.8) is 0 Å². The van der Waals surface area contributed by atoms with Crippen LogP contribution in [0.1, 0.15) is 31.0 Å². The predicted molar refractivity (Wildman–Crippen MR) is 138 cm³/mol. The Kier molecular flexibility index (Phi) is 7.85. The number of methoxy groups -OCH3 is 1. The molecule has 1 amide bonds. The van der Waals surface area contributed by atoms with Gasteiger partial charge in [-0.05, 0) is 72.1 Å². The molecule has 10 heteroatoms. The number of Topliss-reactive ketones (excluding diaryl/α,β-unsaturated/α-hetero) is 1. The van der Waals surface area contributed by atoms with Crippen molar-refractivity contribution in [3.05, 3.63) is 89.5 Å². The van der Waals surface area contributed by atoms with Crippen molar-refractivity contribution in [1.82, 2.24) is 0 Å². The van der Waals surface area contributed by atoms with Crippen molar-refractivity contribution in [2.24, 2.45) is 5.92 Å². The lowest BCUT2D eigenvalue weighted by molar-refractivity contribution is -0.274. The second kappa shape index (κ2) is 11.1. The highest BCUT2D eigenvalue weighted by atomic mass is 19.4. The van der Waals surface area contributed by atoms with Gasteiger partial charge in [0.1, 0.15) is 23.0 Å². The summed E-state index contributed by atoms with van der Waals surface area (Å²) < 4.78 is 52.7. The van der Waals surface area contributed by atoms with Gasteiger partial charge in [0.25, 0.3) is 11.7 Å². The molecule has 1 aliphatic heterocycles. The summed E-state index contributed by atoms with van der Waals surface area (Å²) in [6.07, 6.45) is -4.89. The fourth-order valence-electron chi connectivity index (χ4n) is 4.14. The van der Waals surface area contributed by atoms with Crippen LogP contribution < -0.4 is 19.1 Å². The van der Waals surface area contributed by atoms with Crippen molar-refractivity contribution in [3.8, 4) is 17.2 Å².